The second kappa shape index (κ2) is 6.82. The lowest BCUT2D eigenvalue weighted by atomic mass is 10.2. The molecule has 1 aliphatic rings. The molecule has 0 saturated carbocycles. The Morgan fingerprint density at radius 1 is 1.38 bits per heavy atom. The molecule has 2 rings (SSSR count). The third kappa shape index (κ3) is 4.37. The van der Waals surface area contributed by atoms with Crippen LogP contribution >= 0.6 is 0 Å². The van der Waals surface area contributed by atoms with Crippen LogP contribution in [0.4, 0.5) is 15.8 Å². The molecular weight excluding hydrogens is 275 g/mol. The fraction of sp³-hybridized carbons (Fsp3) is 0.571. The second-order valence-corrected chi connectivity index (χ2v) is 5.57. The molecule has 1 saturated heterocycles. The van der Waals surface area contributed by atoms with Gasteiger partial charge in [-0.1, -0.05) is 0 Å². The fourth-order valence-electron chi connectivity index (χ4n) is 2.51. The Bertz CT molecular complexity index is 504. The summed E-state index contributed by atoms with van der Waals surface area (Å²) < 4.78 is 13.1. The molecule has 21 heavy (non-hydrogen) atoms. The van der Waals surface area contributed by atoms with Gasteiger partial charge in [0, 0.05) is 38.8 Å². The maximum Gasteiger partial charge on any atom is 0.295 e. The van der Waals surface area contributed by atoms with Crippen LogP contribution in [0.5, 0.6) is 0 Å². The number of hydrogen-bond donors (Lipinski definition) is 1. The monoisotopic (exact) mass is 296 g/mol. The molecule has 1 aliphatic heterocycles. The molecule has 0 aromatic heterocycles. The van der Waals surface area contributed by atoms with Crippen molar-refractivity contribution in [2.24, 2.45) is 0 Å². The molecule has 1 heterocycles. The molecule has 0 unspecified atom stereocenters. The van der Waals surface area contributed by atoms with Crippen molar-refractivity contribution in [3.05, 3.63) is 34.1 Å². The average molecular weight is 296 g/mol. The highest BCUT2D eigenvalue weighted by Gasteiger charge is 2.19. The lowest BCUT2D eigenvalue weighted by Gasteiger charge is -2.34. The van der Waals surface area contributed by atoms with Crippen molar-refractivity contribution >= 4 is 11.4 Å². The zero-order chi connectivity index (χ0) is 15.4. The Hall–Kier alpha value is -1.73. The van der Waals surface area contributed by atoms with Crippen LogP contribution in [0.3, 0.4) is 0 Å². The van der Waals surface area contributed by atoms with Gasteiger partial charge < -0.3 is 10.2 Å². The van der Waals surface area contributed by atoms with Gasteiger partial charge in [-0.05, 0) is 26.1 Å². The van der Waals surface area contributed by atoms with E-state index in [2.05, 4.69) is 22.2 Å². The molecule has 6 nitrogen and oxygen atoms in total. The van der Waals surface area contributed by atoms with Gasteiger partial charge >= 0.3 is 0 Å². The Morgan fingerprint density at radius 3 is 2.67 bits per heavy atom. The Balaban J connectivity index is 1.96. The first-order valence-corrected chi connectivity index (χ1v) is 7.07. The minimum Gasteiger partial charge on any atom is -0.376 e. The number of nitrogens with zero attached hydrogens (tertiary/aromatic N) is 3. The minimum absolute atomic E-state index is 0.0533. The molecule has 0 bridgehead atoms. The van der Waals surface area contributed by atoms with Crippen LogP contribution in [0.2, 0.25) is 0 Å². The van der Waals surface area contributed by atoms with Gasteiger partial charge in [-0.3, -0.25) is 15.0 Å². The molecule has 7 heteroatoms. The third-order valence-electron chi connectivity index (χ3n) is 3.69. The minimum atomic E-state index is -0.598. The maximum atomic E-state index is 13.1. The second-order valence-electron chi connectivity index (χ2n) is 5.57. The third-order valence-corrected chi connectivity index (χ3v) is 3.69. The summed E-state index contributed by atoms with van der Waals surface area (Å²) in [6.45, 7) is 6.84. The van der Waals surface area contributed by atoms with Crippen molar-refractivity contribution in [1.29, 1.82) is 0 Å². The number of benzene rings is 1. The number of nitro benzene ring substituents is 1. The van der Waals surface area contributed by atoms with E-state index in [9.17, 15) is 14.5 Å². The Morgan fingerprint density at radius 2 is 2.05 bits per heavy atom. The van der Waals surface area contributed by atoms with Gasteiger partial charge in [-0.2, -0.15) is 0 Å². The molecule has 1 N–H and O–H groups in total. The van der Waals surface area contributed by atoms with Gasteiger partial charge in [0.1, 0.15) is 11.5 Å². The van der Waals surface area contributed by atoms with Gasteiger partial charge in [0.05, 0.1) is 11.0 Å². The molecular formula is C14H21FN4O2. The molecule has 0 aliphatic carbocycles. The lowest BCUT2D eigenvalue weighted by Crippen LogP contribution is -2.47. The molecule has 1 atom stereocenters. The number of likely N-dealkylation sites (N-methyl/N-ethyl adjacent to an activating group) is 1. The fourth-order valence-corrected chi connectivity index (χ4v) is 2.51. The van der Waals surface area contributed by atoms with Crippen molar-refractivity contribution in [2.75, 3.05) is 45.1 Å². The van der Waals surface area contributed by atoms with E-state index in [-0.39, 0.29) is 11.7 Å². The van der Waals surface area contributed by atoms with E-state index in [1.54, 1.807) is 0 Å². The van der Waals surface area contributed by atoms with Crippen LogP contribution in [0.15, 0.2) is 18.2 Å². The Labute approximate surface area is 123 Å². The number of anilines is 1. The first-order chi connectivity index (χ1) is 9.95. The summed E-state index contributed by atoms with van der Waals surface area (Å²) in [6, 6.07) is 3.66. The highest BCUT2D eigenvalue weighted by atomic mass is 19.1. The number of halogens is 1. The van der Waals surface area contributed by atoms with Crippen LogP contribution in [-0.4, -0.2) is 60.5 Å². The van der Waals surface area contributed by atoms with Crippen LogP contribution in [0.25, 0.3) is 0 Å². The number of rotatable bonds is 5. The highest BCUT2D eigenvalue weighted by Crippen LogP contribution is 2.25. The summed E-state index contributed by atoms with van der Waals surface area (Å²) in [7, 11) is 2.10. The summed E-state index contributed by atoms with van der Waals surface area (Å²) in [4.78, 5) is 15.0. The van der Waals surface area contributed by atoms with E-state index in [4.69, 9.17) is 0 Å². The molecule has 1 fully saturated rings. The summed E-state index contributed by atoms with van der Waals surface area (Å²) in [5.74, 6) is -0.598. The zero-order valence-corrected chi connectivity index (χ0v) is 12.4. The summed E-state index contributed by atoms with van der Waals surface area (Å²) >= 11 is 0. The van der Waals surface area contributed by atoms with Gasteiger partial charge in [0.25, 0.3) is 5.69 Å². The first kappa shape index (κ1) is 15.7. The molecule has 1 aromatic rings. The molecule has 0 amide bonds. The maximum absolute atomic E-state index is 13.1. The predicted molar refractivity (Wildman–Crippen MR) is 80.1 cm³/mol. The van der Waals surface area contributed by atoms with Crippen LogP contribution in [-0.2, 0) is 0 Å². The molecule has 0 radical (unpaired) electrons. The van der Waals surface area contributed by atoms with E-state index in [1.807, 2.05) is 6.92 Å². The van der Waals surface area contributed by atoms with Crippen molar-refractivity contribution in [3.8, 4) is 0 Å². The number of nitrogens with one attached hydrogen (secondary N) is 1. The average Bonchev–Trinajstić information content (AvgIpc) is 2.43. The number of nitro groups is 1. The van der Waals surface area contributed by atoms with E-state index < -0.39 is 10.7 Å². The number of hydrogen-bond acceptors (Lipinski definition) is 5. The van der Waals surface area contributed by atoms with Gasteiger partial charge in [-0.15, -0.1) is 0 Å². The quantitative estimate of drug-likeness (QED) is 0.663. The van der Waals surface area contributed by atoms with E-state index in [0.717, 1.165) is 38.8 Å². The first-order valence-electron chi connectivity index (χ1n) is 7.07. The Kier molecular flexibility index (Phi) is 5.08. The van der Waals surface area contributed by atoms with Crippen molar-refractivity contribution < 1.29 is 9.31 Å². The zero-order valence-electron chi connectivity index (χ0n) is 12.4. The lowest BCUT2D eigenvalue weighted by molar-refractivity contribution is -0.384. The normalized spacial score (nSPS) is 18.4. The smallest absolute Gasteiger partial charge is 0.295 e. The molecule has 1 aromatic carbocycles. The molecule has 116 valence electrons. The van der Waals surface area contributed by atoms with Crippen LogP contribution in [0, 0.1) is 15.9 Å². The van der Waals surface area contributed by atoms with Gasteiger partial charge in [-0.25, -0.2) is 4.39 Å². The van der Waals surface area contributed by atoms with Gasteiger partial charge in [0.2, 0.25) is 0 Å². The van der Waals surface area contributed by atoms with Crippen molar-refractivity contribution in [3.63, 3.8) is 0 Å². The number of piperazine rings is 1. The van der Waals surface area contributed by atoms with E-state index >= 15 is 0 Å². The topological polar surface area (TPSA) is 61.6 Å². The van der Waals surface area contributed by atoms with Crippen LogP contribution < -0.4 is 5.32 Å². The SMILES string of the molecule is C[C@H](CN1CCN(C)CC1)Nc1ccc(F)cc1[N+](=O)[O-]. The van der Waals surface area contributed by atoms with Crippen molar-refractivity contribution in [2.45, 2.75) is 13.0 Å². The van der Waals surface area contributed by atoms with Crippen LogP contribution in [0.1, 0.15) is 6.92 Å². The van der Waals surface area contributed by atoms with Crippen molar-refractivity contribution in [1.82, 2.24) is 9.80 Å². The van der Waals surface area contributed by atoms with Gasteiger partial charge in [0.15, 0.2) is 0 Å². The largest absolute Gasteiger partial charge is 0.376 e. The van der Waals surface area contributed by atoms with E-state index in [0.29, 0.717) is 5.69 Å². The van der Waals surface area contributed by atoms with E-state index in [1.165, 1.54) is 12.1 Å². The standard InChI is InChI=1S/C14H21FN4O2/c1-11(10-18-7-5-17(2)6-8-18)16-13-4-3-12(15)9-14(13)19(20)21/h3-4,9,11,16H,5-8,10H2,1-2H3/t11-/m1/s1. The summed E-state index contributed by atoms with van der Waals surface area (Å²) in [6.07, 6.45) is 0. The highest BCUT2D eigenvalue weighted by molar-refractivity contribution is 5.61. The summed E-state index contributed by atoms with van der Waals surface area (Å²) in [5, 5.41) is 14.1. The predicted octanol–water partition coefficient (Wildman–Crippen LogP) is 1.78. The molecule has 0 spiro atoms. The summed E-state index contributed by atoms with van der Waals surface area (Å²) in [5.41, 5.74) is 0.142.